The number of hydrogen-bond acceptors (Lipinski definition) is 4. The van der Waals surface area contributed by atoms with Crippen LogP contribution in [0.1, 0.15) is 24.5 Å². The van der Waals surface area contributed by atoms with Crippen molar-refractivity contribution in [3.05, 3.63) is 47.0 Å². The molecule has 0 bridgehead atoms. The molecule has 3 rings (SSSR count). The Morgan fingerprint density at radius 1 is 1.50 bits per heavy atom. The first-order valence-corrected chi connectivity index (χ1v) is 8.18. The number of methoxy groups -OCH3 is 1. The van der Waals surface area contributed by atoms with Gasteiger partial charge < -0.3 is 10.5 Å². The van der Waals surface area contributed by atoms with E-state index in [2.05, 4.69) is 22.2 Å². The lowest BCUT2D eigenvalue weighted by Gasteiger charge is -2.12. The number of aromatic nitrogens is 3. The van der Waals surface area contributed by atoms with Crippen LogP contribution in [0, 0.1) is 5.92 Å². The minimum absolute atomic E-state index is 0.00336. The molecule has 1 heterocycles. The van der Waals surface area contributed by atoms with E-state index in [1.165, 1.54) is 0 Å². The molecule has 126 valence electrons. The normalized spacial score (nSPS) is 16.5. The molecule has 24 heavy (non-hydrogen) atoms. The predicted molar refractivity (Wildman–Crippen MR) is 91.4 cm³/mol. The summed E-state index contributed by atoms with van der Waals surface area (Å²) >= 11 is 6.14. The van der Waals surface area contributed by atoms with Gasteiger partial charge in [0.2, 0.25) is 5.91 Å². The Balaban J connectivity index is 2.03. The number of rotatable bonds is 6. The smallest absolute Gasteiger partial charge is 0.225 e. The minimum atomic E-state index is -0.461. The van der Waals surface area contributed by atoms with Gasteiger partial charge in [-0.1, -0.05) is 23.8 Å². The van der Waals surface area contributed by atoms with Crippen molar-refractivity contribution >= 4 is 17.5 Å². The number of nitrogens with two attached hydrogens (primary N) is 1. The third-order valence-corrected chi connectivity index (χ3v) is 4.21. The highest BCUT2D eigenvalue weighted by atomic mass is 35.5. The number of primary amides is 1. The Morgan fingerprint density at radius 2 is 2.33 bits per heavy atom. The maximum absolute atomic E-state index is 11.2. The number of allylic oxidation sites excluding steroid dienone is 2. The van der Waals surface area contributed by atoms with Crippen molar-refractivity contribution < 1.29 is 9.53 Å². The Labute approximate surface area is 145 Å². The summed E-state index contributed by atoms with van der Waals surface area (Å²) in [6.45, 7) is 0. The summed E-state index contributed by atoms with van der Waals surface area (Å²) < 4.78 is 7.12. The molecular weight excluding hydrogens is 328 g/mol. The van der Waals surface area contributed by atoms with E-state index < -0.39 is 5.91 Å². The van der Waals surface area contributed by atoms with Gasteiger partial charge in [0.1, 0.15) is 17.3 Å². The third kappa shape index (κ3) is 3.59. The van der Waals surface area contributed by atoms with Gasteiger partial charge in [0, 0.05) is 11.4 Å². The lowest BCUT2D eigenvalue weighted by molar-refractivity contribution is -0.117. The quantitative estimate of drug-likeness (QED) is 0.814. The van der Waals surface area contributed by atoms with E-state index in [1.807, 2.05) is 0 Å². The molecule has 0 saturated heterocycles. The third-order valence-electron chi connectivity index (χ3n) is 3.98. The molecular formula is C17H19ClN4O2. The fourth-order valence-electron chi connectivity index (χ4n) is 2.88. The van der Waals surface area contributed by atoms with Crippen LogP contribution in [0.2, 0.25) is 5.02 Å². The van der Waals surface area contributed by atoms with Gasteiger partial charge in [0.05, 0.1) is 13.5 Å². The number of carbonyl (C=O) groups is 1. The topological polar surface area (TPSA) is 83.0 Å². The number of nitrogens with zero attached hydrogens (tertiary/aromatic N) is 3. The van der Waals surface area contributed by atoms with Crippen molar-refractivity contribution in [2.24, 2.45) is 11.7 Å². The van der Waals surface area contributed by atoms with Crippen LogP contribution < -0.4 is 10.5 Å². The summed E-state index contributed by atoms with van der Waals surface area (Å²) in [5.41, 5.74) is 5.98. The van der Waals surface area contributed by atoms with E-state index in [0.717, 1.165) is 25.1 Å². The Kier molecular flexibility index (Phi) is 4.85. The second kappa shape index (κ2) is 7.05. The standard InChI is InChI=1S/C17H19ClN4O2/c1-24-14-7-6-12(18)9-13(14)22-17(8-11-4-2-3-5-11)20-16(21-22)10-15(19)23/h2,4,6-7,9,11H,3,5,8,10H2,1H3,(H2,19,23)/t11-/m1/s1. The summed E-state index contributed by atoms with van der Waals surface area (Å²) in [6.07, 6.45) is 7.27. The molecule has 2 aromatic rings. The van der Waals surface area contributed by atoms with Gasteiger partial charge in [0.15, 0.2) is 5.82 Å². The molecule has 1 amide bonds. The zero-order valence-electron chi connectivity index (χ0n) is 13.4. The molecule has 2 N–H and O–H groups in total. The Hall–Kier alpha value is -2.34. The van der Waals surface area contributed by atoms with Crippen LogP contribution in [-0.4, -0.2) is 27.8 Å². The van der Waals surface area contributed by atoms with E-state index in [0.29, 0.717) is 28.2 Å². The summed E-state index contributed by atoms with van der Waals surface area (Å²) in [6, 6.07) is 5.31. The highest BCUT2D eigenvalue weighted by molar-refractivity contribution is 6.30. The van der Waals surface area contributed by atoms with Gasteiger partial charge in [-0.15, -0.1) is 0 Å². The summed E-state index contributed by atoms with van der Waals surface area (Å²) in [7, 11) is 1.59. The van der Waals surface area contributed by atoms with E-state index >= 15 is 0 Å². The second-order valence-electron chi connectivity index (χ2n) is 5.79. The Bertz CT molecular complexity index is 785. The second-order valence-corrected chi connectivity index (χ2v) is 6.22. The number of benzene rings is 1. The molecule has 1 aromatic heterocycles. The van der Waals surface area contributed by atoms with Crippen molar-refractivity contribution in [1.29, 1.82) is 0 Å². The number of ether oxygens (including phenoxy) is 1. The Morgan fingerprint density at radius 3 is 3.00 bits per heavy atom. The summed E-state index contributed by atoms with van der Waals surface area (Å²) in [5, 5.41) is 5.03. The van der Waals surface area contributed by atoms with Gasteiger partial charge in [0.25, 0.3) is 0 Å². The van der Waals surface area contributed by atoms with Crippen LogP contribution in [0.3, 0.4) is 0 Å². The van der Waals surface area contributed by atoms with Crippen LogP contribution in [0.25, 0.3) is 5.69 Å². The van der Waals surface area contributed by atoms with Crippen molar-refractivity contribution in [3.8, 4) is 11.4 Å². The molecule has 0 spiro atoms. The maximum atomic E-state index is 11.2. The van der Waals surface area contributed by atoms with E-state index in [4.69, 9.17) is 22.1 Å². The SMILES string of the molecule is COc1ccc(Cl)cc1-n1nc(CC(N)=O)nc1C[C@@H]1C=CCC1. The molecule has 1 aliphatic rings. The van der Waals surface area contributed by atoms with Crippen molar-refractivity contribution in [3.63, 3.8) is 0 Å². The monoisotopic (exact) mass is 346 g/mol. The molecule has 0 aliphatic heterocycles. The maximum Gasteiger partial charge on any atom is 0.225 e. The van der Waals surface area contributed by atoms with Gasteiger partial charge >= 0.3 is 0 Å². The number of hydrogen-bond donors (Lipinski definition) is 1. The first-order chi connectivity index (χ1) is 11.6. The lowest BCUT2D eigenvalue weighted by Crippen LogP contribution is -2.14. The lowest BCUT2D eigenvalue weighted by atomic mass is 10.1. The zero-order chi connectivity index (χ0) is 17.1. The van der Waals surface area contributed by atoms with Crippen LogP contribution in [0.5, 0.6) is 5.75 Å². The molecule has 1 aromatic carbocycles. The molecule has 6 nitrogen and oxygen atoms in total. The number of carbonyl (C=O) groups excluding carboxylic acids is 1. The van der Waals surface area contributed by atoms with Crippen LogP contribution >= 0.6 is 11.6 Å². The molecule has 1 atom stereocenters. The van der Waals surface area contributed by atoms with E-state index in [9.17, 15) is 4.79 Å². The molecule has 7 heteroatoms. The van der Waals surface area contributed by atoms with Crippen LogP contribution in [0.4, 0.5) is 0 Å². The highest BCUT2D eigenvalue weighted by Gasteiger charge is 2.20. The van der Waals surface area contributed by atoms with Crippen LogP contribution in [0.15, 0.2) is 30.4 Å². The summed E-state index contributed by atoms with van der Waals surface area (Å²) in [5.74, 6) is 1.76. The average molecular weight is 347 g/mol. The van der Waals surface area contributed by atoms with Gasteiger partial charge in [-0.3, -0.25) is 4.79 Å². The van der Waals surface area contributed by atoms with Gasteiger partial charge in [-0.25, -0.2) is 9.67 Å². The first-order valence-electron chi connectivity index (χ1n) is 7.80. The molecule has 0 unspecified atom stereocenters. The van der Waals surface area contributed by atoms with E-state index in [1.54, 1.807) is 30.0 Å². The number of amides is 1. The van der Waals surface area contributed by atoms with Crippen molar-refractivity contribution in [2.45, 2.75) is 25.7 Å². The predicted octanol–water partition coefficient (Wildman–Crippen LogP) is 2.47. The zero-order valence-corrected chi connectivity index (χ0v) is 14.2. The van der Waals surface area contributed by atoms with E-state index in [-0.39, 0.29) is 6.42 Å². The molecule has 1 aliphatic carbocycles. The van der Waals surface area contributed by atoms with Gasteiger partial charge in [-0.05, 0) is 37.0 Å². The van der Waals surface area contributed by atoms with Gasteiger partial charge in [-0.2, -0.15) is 5.10 Å². The van der Waals surface area contributed by atoms with Crippen molar-refractivity contribution in [1.82, 2.24) is 14.8 Å². The average Bonchev–Trinajstić information content (AvgIpc) is 3.17. The number of halogens is 1. The molecule has 0 radical (unpaired) electrons. The fraction of sp³-hybridized carbons (Fsp3) is 0.353. The van der Waals surface area contributed by atoms with Crippen molar-refractivity contribution in [2.75, 3.05) is 7.11 Å². The minimum Gasteiger partial charge on any atom is -0.494 e. The largest absolute Gasteiger partial charge is 0.494 e. The first kappa shape index (κ1) is 16.5. The molecule has 0 fully saturated rings. The molecule has 0 saturated carbocycles. The fourth-order valence-corrected chi connectivity index (χ4v) is 3.04. The highest BCUT2D eigenvalue weighted by Crippen LogP contribution is 2.28. The van der Waals surface area contributed by atoms with Crippen LogP contribution in [-0.2, 0) is 17.6 Å². The summed E-state index contributed by atoms with van der Waals surface area (Å²) in [4.78, 5) is 15.7.